The van der Waals surface area contributed by atoms with Gasteiger partial charge in [-0.1, -0.05) is 30.3 Å². The normalized spacial score (nSPS) is 15.8. The van der Waals surface area contributed by atoms with Crippen LogP contribution in [0.3, 0.4) is 0 Å². The Labute approximate surface area is 157 Å². The fourth-order valence-electron chi connectivity index (χ4n) is 2.29. The van der Waals surface area contributed by atoms with Gasteiger partial charge in [0.1, 0.15) is 6.54 Å². The minimum Gasteiger partial charge on any atom is -0.452 e. The van der Waals surface area contributed by atoms with Crippen LogP contribution in [0.15, 0.2) is 35.7 Å². The molecule has 0 aliphatic carbocycles. The highest BCUT2D eigenvalue weighted by Gasteiger charge is 2.32. The van der Waals surface area contributed by atoms with Gasteiger partial charge in [-0.2, -0.15) is 4.31 Å². The van der Waals surface area contributed by atoms with Crippen LogP contribution in [0, 0.1) is 0 Å². The second-order valence-corrected chi connectivity index (χ2v) is 7.79. The Morgan fingerprint density at radius 3 is 2.59 bits per heavy atom. The van der Waals surface area contributed by atoms with Gasteiger partial charge >= 0.3 is 12.0 Å². The van der Waals surface area contributed by atoms with Crippen LogP contribution in [0.5, 0.6) is 0 Å². The molecule has 1 aliphatic heterocycles. The van der Waals surface area contributed by atoms with Gasteiger partial charge in [0.05, 0.1) is 0 Å². The number of benzene rings is 1. The van der Waals surface area contributed by atoms with E-state index < -0.39 is 40.6 Å². The fraction of sp³-hybridized carbons (Fsp3) is 0.353. The summed E-state index contributed by atoms with van der Waals surface area (Å²) in [6, 6.07) is 8.28. The van der Waals surface area contributed by atoms with Crippen molar-refractivity contribution >= 4 is 34.0 Å². The lowest BCUT2D eigenvalue weighted by molar-refractivity contribution is -0.157. The number of ether oxygens (including phenoxy) is 1. The number of hydrogen-bond donors (Lipinski definition) is 1. The van der Waals surface area contributed by atoms with E-state index in [0.717, 1.165) is 14.6 Å². The number of nitrogens with one attached hydrogen (secondary N) is 1. The lowest BCUT2D eigenvalue weighted by atomic mass is 10.2. The Morgan fingerprint density at radius 2 is 2.00 bits per heavy atom. The smallest absolute Gasteiger partial charge is 0.324 e. The van der Waals surface area contributed by atoms with Crippen LogP contribution in [-0.4, -0.2) is 68.3 Å². The number of carbonyl (C=O) groups excluding carboxylic acids is 3. The number of esters is 1. The molecule has 10 heteroatoms. The van der Waals surface area contributed by atoms with Gasteiger partial charge in [-0.15, -0.1) is 0 Å². The van der Waals surface area contributed by atoms with Crippen LogP contribution in [-0.2, 0) is 24.3 Å². The van der Waals surface area contributed by atoms with Gasteiger partial charge in [-0.3, -0.25) is 14.5 Å². The molecule has 0 bridgehead atoms. The van der Waals surface area contributed by atoms with E-state index in [2.05, 4.69) is 5.32 Å². The van der Waals surface area contributed by atoms with Crippen LogP contribution in [0.2, 0.25) is 0 Å². The summed E-state index contributed by atoms with van der Waals surface area (Å²) >= 11 is 0. The van der Waals surface area contributed by atoms with Crippen molar-refractivity contribution in [1.29, 1.82) is 0 Å². The van der Waals surface area contributed by atoms with Gasteiger partial charge in [-0.25, -0.2) is 13.2 Å². The molecular formula is C17H21N3O6S. The summed E-state index contributed by atoms with van der Waals surface area (Å²) < 4.78 is 30.2. The van der Waals surface area contributed by atoms with Crippen molar-refractivity contribution in [2.24, 2.45) is 0 Å². The van der Waals surface area contributed by atoms with Crippen molar-refractivity contribution in [3.05, 3.63) is 41.3 Å². The first-order valence-corrected chi connectivity index (χ1v) is 9.69. The second kappa shape index (κ2) is 8.78. The molecule has 0 radical (unpaired) electrons. The lowest BCUT2D eigenvalue weighted by Crippen LogP contribution is -2.43. The Morgan fingerprint density at radius 1 is 1.33 bits per heavy atom. The maximum Gasteiger partial charge on any atom is 0.324 e. The van der Waals surface area contributed by atoms with Crippen LogP contribution >= 0.6 is 0 Å². The van der Waals surface area contributed by atoms with Crippen LogP contribution in [0.4, 0.5) is 4.79 Å². The predicted molar refractivity (Wildman–Crippen MR) is 97.7 cm³/mol. The molecule has 1 N–H and O–H groups in total. The van der Waals surface area contributed by atoms with Crippen molar-refractivity contribution in [2.45, 2.75) is 13.0 Å². The molecule has 0 aromatic heterocycles. The fourth-order valence-corrected chi connectivity index (χ4v) is 3.11. The molecule has 1 aliphatic rings. The van der Waals surface area contributed by atoms with Crippen LogP contribution in [0.25, 0.3) is 6.08 Å². The van der Waals surface area contributed by atoms with E-state index in [-0.39, 0.29) is 6.54 Å². The highest BCUT2D eigenvalue weighted by molar-refractivity contribution is 7.92. The maximum absolute atomic E-state index is 12.2. The average molecular weight is 395 g/mol. The molecule has 1 saturated heterocycles. The standard InChI is InChI=1S/C17H21N3O6S/c1-13(16(22)20-10-9-18-17(20)23)26-15(21)12-19(2)27(24,25)11-8-14-6-4-3-5-7-14/h3-8,11,13H,9-10,12H2,1-2H3,(H,18,23)/b11-8+/t13-/m1/s1. The number of carbonyl (C=O) groups is 3. The number of imide groups is 1. The third-order valence-electron chi connectivity index (χ3n) is 3.80. The van der Waals surface area contributed by atoms with Crippen molar-refractivity contribution in [3.63, 3.8) is 0 Å². The first-order valence-electron chi connectivity index (χ1n) is 8.19. The molecule has 1 aromatic rings. The predicted octanol–water partition coefficient (Wildman–Crippen LogP) is 0.402. The van der Waals surface area contributed by atoms with Crippen molar-refractivity contribution in [2.75, 3.05) is 26.7 Å². The molecule has 0 spiro atoms. The van der Waals surface area contributed by atoms with Gasteiger partial charge in [0, 0.05) is 25.5 Å². The minimum absolute atomic E-state index is 0.193. The summed E-state index contributed by atoms with van der Waals surface area (Å²) in [7, 11) is -2.61. The SMILES string of the molecule is C[C@@H](OC(=O)CN(C)S(=O)(=O)/C=C/c1ccccc1)C(=O)N1CCNC1=O. The number of rotatable bonds is 7. The van der Waals surface area contributed by atoms with Crippen molar-refractivity contribution < 1.29 is 27.5 Å². The Hall–Kier alpha value is -2.72. The Balaban J connectivity index is 1.91. The van der Waals surface area contributed by atoms with Gasteiger partial charge in [0.15, 0.2) is 6.10 Å². The topological polar surface area (TPSA) is 113 Å². The zero-order valence-electron chi connectivity index (χ0n) is 15.0. The average Bonchev–Trinajstić information content (AvgIpc) is 3.06. The first-order chi connectivity index (χ1) is 12.7. The molecule has 1 aromatic carbocycles. The van der Waals surface area contributed by atoms with Gasteiger partial charge in [-0.05, 0) is 18.6 Å². The zero-order valence-corrected chi connectivity index (χ0v) is 15.8. The highest BCUT2D eigenvalue weighted by atomic mass is 32.2. The minimum atomic E-state index is -3.84. The largest absolute Gasteiger partial charge is 0.452 e. The third kappa shape index (κ3) is 5.63. The van der Waals surface area contributed by atoms with E-state index in [9.17, 15) is 22.8 Å². The Bertz CT molecular complexity index is 837. The van der Waals surface area contributed by atoms with Gasteiger partial charge in [0.25, 0.3) is 5.91 Å². The van der Waals surface area contributed by atoms with Gasteiger partial charge < -0.3 is 10.1 Å². The number of urea groups is 1. The third-order valence-corrected chi connectivity index (χ3v) is 5.28. The second-order valence-electron chi connectivity index (χ2n) is 5.87. The van der Waals surface area contributed by atoms with Crippen molar-refractivity contribution in [1.82, 2.24) is 14.5 Å². The van der Waals surface area contributed by atoms with E-state index in [1.54, 1.807) is 24.3 Å². The molecule has 2 rings (SSSR count). The molecule has 27 heavy (non-hydrogen) atoms. The number of nitrogens with zero attached hydrogens (tertiary/aromatic N) is 2. The quantitative estimate of drug-likeness (QED) is 0.669. The maximum atomic E-state index is 12.2. The van der Waals surface area contributed by atoms with E-state index in [4.69, 9.17) is 4.74 Å². The molecule has 3 amide bonds. The number of amides is 3. The Kier molecular flexibility index (Phi) is 6.70. The summed E-state index contributed by atoms with van der Waals surface area (Å²) in [6.07, 6.45) is 0.215. The molecule has 0 saturated carbocycles. The molecule has 0 unspecified atom stereocenters. The van der Waals surface area contributed by atoms with E-state index in [1.807, 2.05) is 6.07 Å². The lowest BCUT2D eigenvalue weighted by Gasteiger charge is -2.19. The zero-order chi connectivity index (χ0) is 20.0. The van der Waals surface area contributed by atoms with Crippen LogP contribution < -0.4 is 5.32 Å². The molecule has 146 valence electrons. The number of hydrogen-bond acceptors (Lipinski definition) is 6. The molecule has 1 fully saturated rings. The van der Waals surface area contributed by atoms with E-state index in [1.165, 1.54) is 20.0 Å². The number of likely N-dealkylation sites (N-methyl/N-ethyl adjacent to an activating group) is 1. The van der Waals surface area contributed by atoms with Crippen LogP contribution in [0.1, 0.15) is 12.5 Å². The highest BCUT2D eigenvalue weighted by Crippen LogP contribution is 2.08. The summed E-state index contributed by atoms with van der Waals surface area (Å²) in [5.74, 6) is -1.55. The first kappa shape index (κ1) is 20.6. The summed E-state index contributed by atoms with van der Waals surface area (Å²) in [5, 5.41) is 3.45. The van der Waals surface area contributed by atoms with E-state index in [0.29, 0.717) is 12.1 Å². The summed E-state index contributed by atoms with van der Waals surface area (Å²) in [5.41, 5.74) is 0.695. The molecule has 9 nitrogen and oxygen atoms in total. The van der Waals surface area contributed by atoms with E-state index >= 15 is 0 Å². The number of sulfonamides is 1. The molecule has 1 atom stereocenters. The summed E-state index contributed by atoms with van der Waals surface area (Å²) in [4.78, 5) is 36.4. The molecular weight excluding hydrogens is 374 g/mol. The monoisotopic (exact) mass is 395 g/mol. The molecule has 1 heterocycles. The summed E-state index contributed by atoms with van der Waals surface area (Å²) in [6.45, 7) is 1.29. The van der Waals surface area contributed by atoms with Gasteiger partial charge in [0.2, 0.25) is 10.0 Å². The van der Waals surface area contributed by atoms with Crippen molar-refractivity contribution in [3.8, 4) is 0 Å².